The van der Waals surface area contributed by atoms with E-state index in [9.17, 15) is 74.6 Å². The third-order valence-corrected chi connectivity index (χ3v) is 4.14. The van der Waals surface area contributed by atoms with Gasteiger partial charge in [-0.3, -0.25) is 0 Å². The molecule has 0 amide bonds. The number of hydrogen-bond acceptors (Lipinski definition) is 2. The highest BCUT2D eigenvalue weighted by atomic mass is 19.4. The fraction of sp³-hybridized carbons (Fsp3) is 0.500. The van der Waals surface area contributed by atoms with Crippen LogP contribution in [-0.4, -0.2) is 43.0 Å². The lowest BCUT2D eigenvalue weighted by Gasteiger charge is -2.46. The molecular formula is C12BF17O2. The highest BCUT2D eigenvalue weighted by Crippen LogP contribution is 2.66. The molecule has 0 atom stereocenters. The van der Waals surface area contributed by atoms with Gasteiger partial charge in [-0.2, -0.15) is 52.7 Å². The van der Waals surface area contributed by atoms with E-state index >= 15 is 0 Å². The first kappa shape index (κ1) is 26.3. The van der Waals surface area contributed by atoms with Crippen molar-refractivity contribution in [3.05, 3.63) is 29.1 Å². The number of alkyl halides is 12. The topological polar surface area (TPSA) is 18.5 Å². The van der Waals surface area contributed by atoms with E-state index in [1.54, 1.807) is 0 Å². The van der Waals surface area contributed by atoms with Crippen molar-refractivity contribution in [2.24, 2.45) is 0 Å². The van der Waals surface area contributed by atoms with Gasteiger partial charge in [-0.25, -0.2) is 22.0 Å². The molecule has 1 aliphatic heterocycles. The Morgan fingerprint density at radius 2 is 0.656 bits per heavy atom. The standard InChI is InChI=1S/C12BF17O2/c14-2-1(3(15)5(17)6(18)4(2)16)13-31-7(9(19,20)21,10(22,23)24)8(32-13,11(25,26)27)12(28,29)30. The number of hydrogen-bond donors (Lipinski definition) is 0. The average molecular weight is 510 g/mol. The van der Waals surface area contributed by atoms with Crippen LogP contribution in [0.25, 0.3) is 0 Å². The summed E-state index contributed by atoms with van der Waals surface area (Å²) in [5, 5.41) is 0. The van der Waals surface area contributed by atoms with Crippen molar-refractivity contribution in [3.8, 4) is 0 Å². The minimum atomic E-state index is -7.73. The van der Waals surface area contributed by atoms with Crippen molar-refractivity contribution < 1.29 is 83.9 Å². The lowest BCUT2D eigenvalue weighted by atomic mass is 9.77. The molecule has 1 aromatic rings. The Morgan fingerprint density at radius 3 is 0.875 bits per heavy atom. The largest absolute Gasteiger partial charge is 0.502 e. The van der Waals surface area contributed by atoms with Crippen LogP contribution in [0, 0.1) is 29.1 Å². The molecule has 0 radical (unpaired) electrons. The Morgan fingerprint density at radius 1 is 0.438 bits per heavy atom. The van der Waals surface area contributed by atoms with Crippen LogP contribution in [-0.2, 0) is 9.31 Å². The van der Waals surface area contributed by atoms with Crippen molar-refractivity contribution in [1.82, 2.24) is 0 Å². The number of rotatable bonds is 1. The van der Waals surface area contributed by atoms with Crippen molar-refractivity contribution >= 4 is 12.6 Å². The summed E-state index contributed by atoms with van der Waals surface area (Å²) >= 11 is 0. The fourth-order valence-electron chi connectivity index (χ4n) is 2.84. The SMILES string of the molecule is Fc1c(F)c(F)c(B2OC(C(F)(F)F)(C(F)(F)F)C(C(F)(F)F)(C(F)(F)F)O2)c(F)c1F. The van der Waals surface area contributed by atoms with Gasteiger partial charge in [0, 0.05) is 0 Å². The van der Waals surface area contributed by atoms with Crippen LogP contribution >= 0.6 is 0 Å². The third-order valence-electron chi connectivity index (χ3n) is 4.14. The third kappa shape index (κ3) is 3.12. The van der Waals surface area contributed by atoms with Crippen LogP contribution in [0.2, 0.25) is 0 Å². The molecule has 0 N–H and O–H groups in total. The molecule has 0 bridgehead atoms. The van der Waals surface area contributed by atoms with Crippen LogP contribution in [0.15, 0.2) is 0 Å². The molecule has 2 nitrogen and oxygen atoms in total. The van der Waals surface area contributed by atoms with Crippen molar-refractivity contribution in [2.75, 3.05) is 0 Å². The number of halogens is 17. The van der Waals surface area contributed by atoms with Crippen molar-refractivity contribution in [3.63, 3.8) is 0 Å². The molecule has 1 aliphatic rings. The second-order valence-corrected chi connectivity index (χ2v) is 5.90. The Balaban J connectivity index is 3.06. The molecule has 0 unspecified atom stereocenters. The Bertz CT molecular complexity index is 814. The van der Waals surface area contributed by atoms with Gasteiger partial charge in [0.2, 0.25) is 0 Å². The first-order chi connectivity index (χ1) is 14.0. The molecule has 0 saturated carbocycles. The van der Waals surface area contributed by atoms with Gasteiger partial charge in [0.1, 0.15) is 0 Å². The minimum absolute atomic E-state index is 2.80. The first-order valence-electron chi connectivity index (χ1n) is 7.13. The van der Waals surface area contributed by atoms with Crippen molar-refractivity contribution in [2.45, 2.75) is 35.9 Å². The number of benzene rings is 1. The normalized spacial score (nSPS) is 19.6. The van der Waals surface area contributed by atoms with Gasteiger partial charge in [0.05, 0.1) is 5.46 Å². The highest BCUT2D eigenvalue weighted by molar-refractivity contribution is 6.62. The van der Waals surface area contributed by atoms with E-state index in [0.29, 0.717) is 0 Å². The van der Waals surface area contributed by atoms with Crippen LogP contribution in [0.3, 0.4) is 0 Å². The lowest BCUT2D eigenvalue weighted by molar-refractivity contribution is -0.464. The van der Waals surface area contributed by atoms with Crippen LogP contribution in [0.1, 0.15) is 0 Å². The smallest absolute Gasteiger partial charge is 0.383 e. The van der Waals surface area contributed by atoms with Crippen LogP contribution in [0.5, 0.6) is 0 Å². The van der Waals surface area contributed by atoms with E-state index in [1.807, 2.05) is 0 Å². The minimum Gasteiger partial charge on any atom is -0.383 e. The molecule has 20 heteroatoms. The van der Waals surface area contributed by atoms with E-state index in [2.05, 4.69) is 9.31 Å². The molecule has 1 aromatic carbocycles. The summed E-state index contributed by atoms with van der Waals surface area (Å²) in [4.78, 5) is 0. The van der Waals surface area contributed by atoms with Gasteiger partial charge in [0.15, 0.2) is 29.1 Å². The fourth-order valence-corrected chi connectivity index (χ4v) is 2.84. The second-order valence-electron chi connectivity index (χ2n) is 5.90. The van der Waals surface area contributed by atoms with Gasteiger partial charge >= 0.3 is 31.8 Å². The lowest BCUT2D eigenvalue weighted by Crippen LogP contribution is -2.79. The molecule has 0 aliphatic carbocycles. The Hall–Kier alpha value is -1.99. The van der Waals surface area contributed by atoms with Crippen LogP contribution < -0.4 is 5.46 Å². The highest BCUT2D eigenvalue weighted by Gasteiger charge is 2.99. The monoisotopic (exact) mass is 510 g/mol. The summed E-state index contributed by atoms with van der Waals surface area (Å²) in [6, 6.07) is 0. The molecule has 1 saturated heterocycles. The van der Waals surface area contributed by atoms with Gasteiger partial charge in [0.25, 0.3) is 11.2 Å². The maximum Gasteiger partial charge on any atom is 0.502 e. The van der Waals surface area contributed by atoms with E-state index < -0.39 is 77.6 Å². The quantitative estimate of drug-likeness (QED) is 0.233. The predicted octanol–water partition coefficient (Wildman–Crippen LogP) is 4.85. The second kappa shape index (κ2) is 7.01. The van der Waals surface area contributed by atoms with Crippen molar-refractivity contribution in [1.29, 1.82) is 0 Å². The maximum absolute atomic E-state index is 13.7. The summed E-state index contributed by atoms with van der Waals surface area (Å²) < 4.78 is 232. The van der Waals surface area contributed by atoms with E-state index in [1.165, 1.54) is 0 Å². The van der Waals surface area contributed by atoms with Gasteiger partial charge < -0.3 is 9.31 Å². The summed E-state index contributed by atoms with van der Waals surface area (Å²) in [6.07, 6.45) is -30.9. The van der Waals surface area contributed by atoms with Gasteiger partial charge in [-0.15, -0.1) is 0 Å². The van der Waals surface area contributed by atoms with Gasteiger partial charge in [-0.1, -0.05) is 0 Å². The zero-order chi connectivity index (χ0) is 25.5. The summed E-state index contributed by atoms with van der Waals surface area (Å²) in [7, 11) is -4.67. The van der Waals surface area contributed by atoms with Crippen LogP contribution in [0.4, 0.5) is 74.6 Å². The summed E-state index contributed by atoms with van der Waals surface area (Å²) in [5.74, 6) is -16.2. The average Bonchev–Trinajstić information content (AvgIpc) is 2.96. The zero-order valence-electron chi connectivity index (χ0n) is 13.8. The molecule has 0 spiro atoms. The Labute approximate surface area is 163 Å². The summed E-state index contributed by atoms with van der Waals surface area (Å²) in [6.45, 7) is 0. The van der Waals surface area contributed by atoms with E-state index in [-0.39, 0.29) is 0 Å². The summed E-state index contributed by atoms with van der Waals surface area (Å²) in [5.41, 5.74) is -18.0. The maximum atomic E-state index is 13.7. The molecule has 1 heterocycles. The Kier molecular flexibility index (Phi) is 5.75. The van der Waals surface area contributed by atoms with E-state index in [0.717, 1.165) is 0 Å². The molecule has 2 rings (SSSR count). The zero-order valence-corrected chi connectivity index (χ0v) is 13.8. The molecule has 0 aromatic heterocycles. The first-order valence-corrected chi connectivity index (χ1v) is 7.13. The van der Waals surface area contributed by atoms with Gasteiger partial charge in [-0.05, 0) is 0 Å². The molecular weight excluding hydrogens is 510 g/mol. The molecule has 182 valence electrons. The predicted molar refractivity (Wildman–Crippen MR) is 63.5 cm³/mol. The molecule has 1 fully saturated rings. The van der Waals surface area contributed by atoms with E-state index in [4.69, 9.17) is 0 Å². The molecule has 32 heavy (non-hydrogen) atoms.